The summed E-state index contributed by atoms with van der Waals surface area (Å²) in [7, 11) is 0. The van der Waals surface area contributed by atoms with E-state index in [4.69, 9.17) is 0 Å². The topological polar surface area (TPSA) is 20.3 Å². The van der Waals surface area contributed by atoms with Crippen molar-refractivity contribution in [2.75, 3.05) is 13.1 Å². The zero-order valence-electron chi connectivity index (χ0n) is 11.6. The zero-order chi connectivity index (χ0) is 13.1. The van der Waals surface area contributed by atoms with Gasteiger partial charge in [-0.15, -0.1) is 0 Å². The third kappa shape index (κ3) is 3.90. The minimum Gasteiger partial charge on any atom is -0.300 e. The SMILES string of the molecule is O=C(CCCN(CC1CC1)C1CC1)c1ccccc1. The fourth-order valence-electron chi connectivity index (χ4n) is 2.71. The summed E-state index contributed by atoms with van der Waals surface area (Å²) in [5, 5.41) is 0. The van der Waals surface area contributed by atoms with Crippen LogP contribution in [0.25, 0.3) is 0 Å². The Bertz CT molecular complexity index is 420. The van der Waals surface area contributed by atoms with Gasteiger partial charge in [0.1, 0.15) is 0 Å². The maximum Gasteiger partial charge on any atom is 0.162 e. The van der Waals surface area contributed by atoms with Crippen LogP contribution in [0.5, 0.6) is 0 Å². The van der Waals surface area contributed by atoms with Crippen LogP contribution in [0.2, 0.25) is 0 Å². The van der Waals surface area contributed by atoms with E-state index in [1.807, 2.05) is 30.3 Å². The Balaban J connectivity index is 1.42. The lowest BCUT2D eigenvalue weighted by molar-refractivity contribution is 0.0973. The van der Waals surface area contributed by atoms with Gasteiger partial charge >= 0.3 is 0 Å². The van der Waals surface area contributed by atoms with Crippen molar-refractivity contribution in [2.24, 2.45) is 5.92 Å². The molecule has 2 nitrogen and oxygen atoms in total. The molecule has 2 fully saturated rings. The molecule has 3 rings (SSSR count). The van der Waals surface area contributed by atoms with Crippen LogP contribution in [0.4, 0.5) is 0 Å². The van der Waals surface area contributed by atoms with Gasteiger partial charge in [-0.3, -0.25) is 4.79 Å². The summed E-state index contributed by atoms with van der Waals surface area (Å²) >= 11 is 0. The van der Waals surface area contributed by atoms with E-state index in [1.54, 1.807) is 0 Å². The summed E-state index contributed by atoms with van der Waals surface area (Å²) in [5.74, 6) is 1.26. The highest BCUT2D eigenvalue weighted by Gasteiger charge is 2.33. The molecule has 0 spiro atoms. The molecule has 1 aromatic rings. The monoisotopic (exact) mass is 257 g/mol. The smallest absolute Gasteiger partial charge is 0.162 e. The molecular weight excluding hydrogens is 234 g/mol. The Kier molecular flexibility index (Phi) is 3.97. The van der Waals surface area contributed by atoms with Crippen LogP contribution in [0.1, 0.15) is 48.9 Å². The van der Waals surface area contributed by atoms with Crippen molar-refractivity contribution in [3.63, 3.8) is 0 Å². The Morgan fingerprint density at radius 3 is 2.47 bits per heavy atom. The number of hydrogen-bond acceptors (Lipinski definition) is 2. The number of ketones is 1. The lowest BCUT2D eigenvalue weighted by Crippen LogP contribution is -2.29. The van der Waals surface area contributed by atoms with Gasteiger partial charge in [0, 0.05) is 24.6 Å². The summed E-state index contributed by atoms with van der Waals surface area (Å²) in [6, 6.07) is 10.5. The van der Waals surface area contributed by atoms with Crippen LogP contribution in [-0.4, -0.2) is 29.8 Å². The number of rotatable bonds is 8. The van der Waals surface area contributed by atoms with Crippen molar-refractivity contribution < 1.29 is 4.79 Å². The Morgan fingerprint density at radius 2 is 1.84 bits per heavy atom. The van der Waals surface area contributed by atoms with Gasteiger partial charge in [-0.25, -0.2) is 0 Å². The highest BCUT2D eigenvalue weighted by atomic mass is 16.1. The predicted molar refractivity (Wildman–Crippen MR) is 77.3 cm³/mol. The molecule has 0 radical (unpaired) electrons. The quantitative estimate of drug-likeness (QED) is 0.664. The fourth-order valence-corrected chi connectivity index (χ4v) is 2.71. The van der Waals surface area contributed by atoms with Gasteiger partial charge in [0.2, 0.25) is 0 Å². The van der Waals surface area contributed by atoms with E-state index < -0.39 is 0 Å². The van der Waals surface area contributed by atoms with Gasteiger partial charge in [-0.05, 0) is 44.6 Å². The average Bonchev–Trinajstić information content (AvgIpc) is 3.30. The maximum absolute atomic E-state index is 12.0. The first-order chi connectivity index (χ1) is 9.33. The second-order valence-corrected chi connectivity index (χ2v) is 6.06. The third-order valence-corrected chi connectivity index (χ3v) is 4.20. The number of carbonyl (C=O) groups excluding carboxylic acids is 1. The number of hydrogen-bond donors (Lipinski definition) is 0. The molecule has 102 valence electrons. The number of carbonyl (C=O) groups is 1. The largest absolute Gasteiger partial charge is 0.300 e. The Hall–Kier alpha value is -1.15. The summed E-state index contributed by atoms with van der Waals surface area (Å²) in [4.78, 5) is 14.7. The van der Waals surface area contributed by atoms with E-state index in [0.29, 0.717) is 12.2 Å². The van der Waals surface area contributed by atoms with Crippen LogP contribution in [0, 0.1) is 5.92 Å². The fraction of sp³-hybridized carbons (Fsp3) is 0.588. The van der Waals surface area contributed by atoms with Crippen LogP contribution in [0.15, 0.2) is 30.3 Å². The van der Waals surface area contributed by atoms with Crippen molar-refractivity contribution in [3.05, 3.63) is 35.9 Å². The molecule has 0 N–H and O–H groups in total. The molecule has 19 heavy (non-hydrogen) atoms. The average molecular weight is 257 g/mol. The number of Topliss-reactive ketones (excluding diaryl/α,β-unsaturated/α-hetero) is 1. The van der Waals surface area contributed by atoms with E-state index in [-0.39, 0.29) is 0 Å². The summed E-state index contributed by atoms with van der Waals surface area (Å²) in [5.41, 5.74) is 0.864. The van der Waals surface area contributed by atoms with Gasteiger partial charge in [0.05, 0.1) is 0 Å². The predicted octanol–water partition coefficient (Wildman–Crippen LogP) is 3.52. The van der Waals surface area contributed by atoms with Gasteiger partial charge in [-0.2, -0.15) is 0 Å². The van der Waals surface area contributed by atoms with E-state index in [1.165, 1.54) is 32.2 Å². The van der Waals surface area contributed by atoms with Crippen LogP contribution >= 0.6 is 0 Å². The molecule has 0 bridgehead atoms. The first-order valence-electron chi connectivity index (χ1n) is 7.65. The molecule has 0 unspecified atom stereocenters. The first-order valence-corrected chi connectivity index (χ1v) is 7.65. The molecular formula is C17H23NO. The van der Waals surface area contributed by atoms with Crippen molar-refractivity contribution in [3.8, 4) is 0 Å². The van der Waals surface area contributed by atoms with Gasteiger partial charge in [-0.1, -0.05) is 30.3 Å². The van der Waals surface area contributed by atoms with E-state index >= 15 is 0 Å². The number of benzene rings is 1. The normalized spacial score (nSPS) is 18.8. The standard InChI is InChI=1S/C17H23NO/c19-17(15-5-2-1-3-6-15)7-4-12-18(16-10-11-16)13-14-8-9-14/h1-3,5-6,14,16H,4,7-13H2. The summed E-state index contributed by atoms with van der Waals surface area (Å²) in [6.45, 7) is 2.39. The molecule has 0 aliphatic heterocycles. The highest BCUT2D eigenvalue weighted by Crippen LogP contribution is 2.34. The lowest BCUT2D eigenvalue weighted by Gasteiger charge is -2.21. The minimum atomic E-state index is 0.294. The molecule has 2 saturated carbocycles. The van der Waals surface area contributed by atoms with Crippen molar-refractivity contribution in [1.29, 1.82) is 0 Å². The van der Waals surface area contributed by atoms with Crippen molar-refractivity contribution in [1.82, 2.24) is 4.90 Å². The summed E-state index contributed by atoms with van der Waals surface area (Å²) in [6.07, 6.45) is 7.30. The molecule has 0 aromatic heterocycles. The molecule has 2 aliphatic rings. The van der Waals surface area contributed by atoms with Crippen LogP contribution in [0.3, 0.4) is 0 Å². The molecule has 2 heteroatoms. The van der Waals surface area contributed by atoms with Crippen molar-refractivity contribution >= 4 is 5.78 Å². The van der Waals surface area contributed by atoms with Gasteiger partial charge in [0.25, 0.3) is 0 Å². The lowest BCUT2D eigenvalue weighted by atomic mass is 10.1. The Morgan fingerprint density at radius 1 is 1.11 bits per heavy atom. The van der Waals surface area contributed by atoms with Crippen LogP contribution in [-0.2, 0) is 0 Å². The maximum atomic E-state index is 12.0. The molecule has 1 aromatic carbocycles. The third-order valence-electron chi connectivity index (χ3n) is 4.20. The first kappa shape index (κ1) is 12.9. The van der Waals surface area contributed by atoms with E-state index in [2.05, 4.69) is 4.90 Å². The molecule has 0 atom stereocenters. The van der Waals surface area contributed by atoms with Crippen molar-refractivity contribution in [2.45, 2.75) is 44.6 Å². The van der Waals surface area contributed by atoms with Crippen LogP contribution < -0.4 is 0 Å². The second kappa shape index (κ2) is 5.87. The zero-order valence-corrected chi connectivity index (χ0v) is 11.6. The van der Waals surface area contributed by atoms with E-state index in [0.717, 1.165) is 30.5 Å². The second-order valence-electron chi connectivity index (χ2n) is 6.06. The Labute approximate surface area is 115 Å². The molecule has 2 aliphatic carbocycles. The molecule has 0 heterocycles. The summed E-state index contributed by atoms with van der Waals surface area (Å²) < 4.78 is 0. The number of nitrogens with zero attached hydrogens (tertiary/aromatic N) is 1. The highest BCUT2D eigenvalue weighted by molar-refractivity contribution is 5.95. The molecule has 0 saturated heterocycles. The van der Waals surface area contributed by atoms with Gasteiger partial charge in [0.15, 0.2) is 5.78 Å². The van der Waals surface area contributed by atoms with E-state index in [9.17, 15) is 4.79 Å². The molecule has 0 amide bonds. The van der Waals surface area contributed by atoms with Gasteiger partial charge < -0.3 is 4.90 Å². The minimum absolute atomic E-state index is 0.294.